The molecule has 0 spiro atoms. The highest BCUT2D eigenvalue weighted by Crippen LogP contribution is 2.24. The summed E-state index contributed by atoms with van der Waals surface area (Å²) in [5.74, 6) is -0.289. The van der Waals surface area contributed by atoms with Crippen LogP contribution in [-0.4, -0.2) is 17.6 Å². The van der Waals surface area contributed by atoms with Crippen molar-refractivity contribution in [3.63, 3.8) is 0 Å². The van der Waals surface area contributed by atoms with E-state index in [0.29, 0.717) is 18.7 Å². The van der Waals surface area contributed by atoms with Gasteiger partial charge in [-0.15, -0.1) is 11.3 Å². The van der Waals surface area contributed by atoms with Gasteiger partial charge in [-0.2, -0.15) is 0 Å². The van der Waals surface area contributed by atoms with Gasteiger partial charge in [0.25, 0.3) is 0 Å². The van der Waals surface area contributed by atoms with E-state index in [2.05, 4.69) is 18.0 Å². The number of carboxylic acids is 1. The third-order valence-corrected chi connectivity index (χ3v) is 4.56. The Morgan fingerprint density at radius 2 is 2.00 bits per heavy atom. The highest BCUT2D eigenvalue weighted by atomic mass is 32.1. The van der Waals surface area contributed by atoms with Crippen LogP contribution in [0, 0.1) is 27.7 Å². The number of rotatable bonds is 5. The number of aromatic carboxylic acids is 1. The molecule has 0 saturated carbocycles. The molecule has 1 aromatic heterocycles. The van der Waals surface area contributed by atoms with Crippen LogP contribution in [-0.2, 0) is 6.42 Å². The number of carbonyl (C=O) groups is 1. The van der Waals surface area contributed by atoms with Crippen molar-refractivity contribution in [2.75, 3.05) is 6.61 Å². The minimum Gasteiger partial charge on any atom is -0.544 e. The second-order valence-corrected chi connectivity index (χ2v) is 6.20. The summed E-state index contributed by atoms with van der Waals surface area (Å²) in [5.41, 5.74) is 4.01. The van der Waals surface area contributed by atoms with E-state index in [1.54, 1.807) is 6.92 Å². The summed E-state index contributed by atoms with van der Waals surface area (Å²) in [5, 5.41) is 11.6. The van der Waals surface area contributed by atoms with E-state index in [0.717, 1.165) is 33.2 Å². The fourth-order valence-corrected chi connectivity index (χ4v) is 3.03. The Hall–Kier alpha value is -1.88. The molecule has 1 heterocycles. The number of nitrogens with zero attached hydrogens (tertiary/aromatic N) is 1. The van der Waals surface area contributed by atoms with Crippen LogP contribution in [0.1, 0.15) is 37.1 Å². The molecular formula is C16H18NO3S-. The van der Waals surface area contributed by atoms with E-state index in [1.165, 1.54) is 5.56 Å². The molecule has 0 bridgehead atoms. The first kappa shape index (κ1) is 15.5. The largest absolute Gasteiger partial charge is 0.544 e. The maximum Gasteiger partial charge on any atom is 0.122 e. The second kappa shape index (κ2) is 6.26. The first-order chi connectivity index (χ1) is 9.88. The summed E-state index contributed by atoms with van der Waals surface area (Å²) in [6.45, 7) is 8.29. The van der Waals surface area contributed by atoms with Crippen LogP contribution in [0.25, 0.3) is 0 Å². The average Bonchev–Trinajstić information content (AvgIpc) is 2.76. The molecule has 0 fully saturated rings. The average molecular weight is 304 g/mol. The summed E-state index contributed by atoms with van der Waals surface area (Å²) < 4.78 is 5.82. The number of aromatic nitrogens is 1. The SMILES string of the molecule is Cc1cc(C)c(C)c(OCCc2nc(C)c(C(=O)[O-])s2)c1. The predicted molar refractivity (Wildman–Crippen MR) is 81.0 cm³/mol. The molecule has 0 atom stereocenters. The van der Waals surface area contributed by atoms with Gasteiger partial charge >= 0.3 is 0 Å². The Labute approximate surface area is 128 Å². The van der Waals surface area contributed by atoms with Crippen LogP contribution in [0.15, 0.2) is 12.1 Å². The lowest BCUT2D eigenvalue weighted by Gasteiger charge is -2.11. The molecule has 0 radical (unpaired) electrons. The monoisotopic (exact) mass is 304 g/mol. The van der Waals surface area contributed by atoms with E-state index in [1.807, 2.05) is 19.9 Å². The summed E-state index contributed by atoms with van der Waals surface area (Å²) in [6, 6.07) is 4.14. The lowest BCUT2D eigenvalue weighted by atomic mass is 10.1. The third-order valence-electron chi connectivity index (χ3n) is 3.36. The van der Waals surface area contributed by atoms with Crippen molar-refractivity contribution in [3.05, 3.63) is 44.4 Å². The molecular weight excluding hydrogens is 286 g/mol. The van der Waals surface area contributed by atoms with Crippen molar-refractivity contribution < 1.29 is 14.6 Å². The Morgan fingerprint density at radius 1 is 1.29 bits per heavy atom. The molecule has 2 rings (SSSR count). The van der Waals surface area contributed by atoms with Crippen LogP contribution in [0.3, 0.4) is 0 Å². The van der Waals surface area contributed by atoms with E-state index >= 15 is 0 Å². The first-order valence-corrected chi connectivity index (χ1v) is 7.58. The number of benzene rings is 1. The first-order valence-electron chi connectivity index (χ1n) is 6.76. The molecule has 1 aromatic carbocycles. The van der Waals surface area contributed by atoms with E-state index < -0.39 is 5.97 Å². The van der Waals surface area contributed by atoms with Gasteiger partial charge in [-0.05, 0) is 50.5 Å². The van der Waals surface area contributed by atoms with Crippen molar-refractivity contribution in [2.24, 2.45) is 0 Å². The molecule has 21 heavy (non-hydrogen) atoms. The molecule has 0 amide bonds. The zero-order valence-electron chi connectivity index (χ0n) is 12.6. The smallest absolute Gasteiger partial charge is 0.122 e. The molecule has 0 saturated heterocycles. The van der Waals surface area contributed by atoms with Crippen LogP contribution < -0.4 is 9.84 Å². The molecule has 0 aliphatic rings. The van der Waals surface area contributed by atoms with Crippen LogP contribution in [0.4, 0.5) is 0 Å². The number of hydrogen-bond acceptors (Lipinski definition) is 5. The van der Waals surface area contributed by atoms with Crippen molar-refractivity contribution >= 4 is 17.3 Å². The van der Waals surface area contributed by atoms with Gasteiger partial charge < -0.3 is 14.6 Å². The zero-order valence-corrected chi connectivity index (χ0v) is 13.5. The van der Waals surface area contributed by atoms with Gasteiger partial charge in [-0.1, -0.05) is 6.07 Å². The van der Waals surface area contributed by atoms with Crippen molar-refractivity contribution in [1.82, 2.24) is 4.98 Å². The summed E-state index contributed by atoms with van der Waals surface area (Å²) in [7, 11) is 0. The molecule has 112 valence electrons. The van der Waals surface area contributed by atoms with Gasteiger partial charge in [-0.25, -0.2) is 4.98 Å². The Balaban J connectivity index is 2.02. The van der Waals surface area contributed by atoms with Gasteiger partial charge in [0.1, 0.15) is 5.75 Å². The molecule has 4 nitrogen and oxygen atoms in total. The van der Waals surface area contributed by atoms with Crippen molar-refractivity contribution in [1.29, 1.82) is 0 Å². The number of ether oxygens (including phenoxy) is 1. The fourth-order valence-electron chi connectivity index (χ4n) is 2.15. The maximum atomic E-state index is 10.9. The van der Waals surface area contributed by atoms with Crippen LogP contribution >= 0.6 is 11.3 Å². The third kappa shape index (κ3) is 3.61. The fraction of sp³-hybridized carbons (Fsp3) is 0.375. The highest BCUT2D eigenvalue weighted by molar-refractivity contribution is 7.13. The van der Waals surface area contributed by atoms with E-state index in [-0.39, 0.29) is 4.88 Å². The Morgan fingerprint density at radius 3 is 2.62 bits per heavy atom. The number of thiazole rings is 1. The maximum absolute atomic E-state index is 10.9. The van der Waals surface area contributed by atoms with E-state index in [9.17, 15) is 9.90 Å². The normalized spacial score (nSPS) is 10.7. The van der Waals surface area contributed by atoms with Gasteiger partial charge in [0.2, 0.25) is 0 Å². The Kier molecular flexibility index (Phi) is 4.63. The second-order valence-electron chi connectivity index (χ2n) is 5.11. The summed E-state index contributed by atoms with van der Waals surface area (Å²) >= 11 is 1.16. The lowest BCUT2D eigenvalue weighted by Crippen LogP contribution is -2.21. The van der Waals surface area contributed by atoms with Crippen LogP contribution in [0.5, 0.6) is 5.75 Å². The lowest BCUT2D eigenvalue weighted by molar-refractivity contribution is -0.254. The van der Waals surface area contributed by atoms with Crippen molar-refractivity contribution in [2.45, 2.75) is 34.1 Å². The van der Waals surface area contributed by atoms with Gasteiger partial charge in [0.05, 0.1) is 28.2 Å². The Bertz CT molecular complexity index is 676. The minimum absolute atomic E-state index is 0.201. The van der Waals surface area contributed by atoms with Crippen molar-refractivity contribution in [3.8, 4) is 5.75 Å². The molecule has 2 aromatic rings. The zero-order chi connectivity index (χ0) is 15.6. The predicted octanol–water partition coefficient (Wildman–Crippen LogP) is 2.36. The number of aryl methyl sites for hydroxylation is 3. The summed E-state index contributed by atoms with van der Waals surface area (Å²) in [6.07, 6.45) is 0.589. The van der Waals surface area contributed by atoms with Crippen LogP contribution in [0.2, 0.25) is 0 Å². The summed E-state index contributed by atoms with van der Waals surface area (Å²) in [4.78, 5) is 15.3. The number of hydrogen-bond donors (Lipinski definition) is 0. The molecule has 0 unspecified atom stereocenters. The van der Waals surface area contributed by atoms with Gasteiger partial charge in [0, 0.05) is 6.42 Å². The number of carboxylic acid groups (broad SMARTS) is 1. The van der Waals surface area contributed by atoms with Gasteiger partial charge in [0.15, 0.2) is 0 Å². The standard InChI is InChI=1S/C16H19NO3S/c1-9-7-10(2)11(3)13(8-9)20-6-5-14-17-12(4)15(21-14)16(18)19/h7-8H,5-6H2,1-4H3,(H,18,19)/p-1. The molecule has 0 N–H and O–H groups in total. The minimum atomic E-state index is -1.16. The number of carbonyl (C=O) groups excluding carboxylic acids is 1. The molecule has 5 heteroatoms. The highest BCUT2D eigenvalue weighted by Gasteiger charge is 2.09. The quantitative estimate of drug-likeness (QED) is 0.850. The van der Waals surface area contributed by atoms with E-state index in [4.69, 9.17) is 4.74 Å². The van der Waals surface area contributed by atoms with Gasteiger partial charge in [-0.3, -0.25) is 0 Å². The topological polar surface area (TPSA) is 62.2 Å². The molecule has 0 aliphatic carbocycles. The molecule has 0 aliphatic heterocycles.